The second kappa shape index (κ2) is 12.0. The molecule has 0 saturated heterocycles. The van der Waals surface area contributed by atoms with Crippen molar-refractivity contribution in [1.82, 2.24) is 14.9 Å². The number of nitrogens with zero attached hydrogens (tertiary/aromatic N) is 3. The van der Waals surface area contributed by atoms with Crippen LogP contribution in [0.3, 0.4) is 0 Å². The number of aromatic nitrogens is 2. The van der Waals surface area contributed by atoms with Gasteiger partial charge in [-0.2, -0.15) is 0 Å². The number of hydrogen-bond acceptors (Lipinski definition) is 5. The van der Waals surface area contributed by atoms with Gasteiger partial charge in [-0.15, -0.1) is 0 Å². The van der Waals surface area contributed by atoms with E-state index in [-0.39, 0.29) is 11.7 Å². The maximum Gasteiger partial charge on any atom is 0.319 e. The Morgan fingerprint density at radius 2 is 1.61 bits per heavy atom. The van der Waals surface area contributed by atoms with Gasteiger partial charge in [-0.25, -0.2) is 9.78 Å². The average molecular weight is 502 g/mol. The number of nitro benzene ring substituents is 1. The van der Waals surface area contributed by atoms with Gasteiger partial charge in [-0.3, -0.25) is 10.1 Å². The number of amides is 2. The van der Waals surface area contributed by atoms with Crippen LogP contribution in [0.5, 0.6) is 0 Å². The first kappa shape index (κ1) is 25.0. The number of non-ortho nitro benzene ring substituents is 1. The van der Waals surface area contributed by atoms with Crippen LogP contribution in [0, 0.1) is 10.1 Å². The maximum absolute atomic E-state index is 12.1. The van der Waals surface area contributed by atoms with Crippen LogP contribution in [0.4, 0.5) is 16.2 Å². The monoisotopic (exact) mass is 501 g/mol. The minimum Gasteiger partial charge on any atom is -0.338 e. The molecule has 2 N–H and O–H groups in total. The van der Waals surface area contributed by atoms with Crippen molar-refractivity contribution in [2.45, 2.75) is 25.0 Å². The molecule has 0 atom stereocenters. The van der Waals surface area contributed by atoms with Gasteiger partial charge in [-0.05, 0) is 25.5 Å². The van der Waals surface area contributed by atoms with Gasteiger partial charge in [0, 0.05) is 47.8 Å². The van der Waals surface area contributed by atoms with Crippen LogP contribution in [0.2, 0.25) is 0 Å². The molecule has 8 nitrogen and oxygen atoms in total. The average Bonchev–Trinajstić information content (AvgIpc) is 3.28. The van der Waals surface area contributed by atoms with Crippen molar-refractivity contribution in [3.05, 3.63) is 95.0 Å². The summed E-state index contributed by atoms with van der Waals surface area (Å²) in [7, 11) is 0. The SMILES string of the molecule is CCn1c(SCCCNC(=O)Nc2ccc([N+](=O)[O-])cc2)nc(-c2ccccc2)c1-c1ccccc1. The molecule has 1 aromatic heterocycles. The zero-order valence-electron chi connectivity index (χ0n) is 19.9. The Balaban J connectivity index is 1.37. The van der Waals surface area contributed by atoms with Gasteiger partial charge < -0.3 is 15.2 Å². The third kappa shape index (κ3) is 6.11. The Bertz CT molecular complexity index is 1310. The number of urea groups is 1. The third-order valence-corrected chi connectivity index (χ3v) is 6.58. The summed E-state index contributed by atoms with van der Waals surface area (Å²) in [5.41, 5.74) is 4.75. The van der Waals surface area contributed by atoms with Crippen molar-refractivity contribution in [3.8, 4) is 22.5 Å². The van der Waals surface area contributed by atoms with Crippen molar-refractivity contribution in [3.63, 3.8) is 0 Å². The van der Waals surface area contributed by atoms with E-state index in [9.17, 15) is 14.9 Å². The fourth-order valence-electron chi connectivity index (χ4n) is 3.80. The lowest BCUT2D eigenvalue weighted by Crippen LogP contribution is -2.29. The van der Waals surface area contributed by atoms with Crippen molar-refractivity contribution in [1.29, 1.82) is 0 Å². The van der Waals surface area contributed by atoms with Crippen LogP contribution < -0.4 is 10.6 Å². The lowest BCUT2D eigenvalue weighted by Gasteiger charge is -2.11. The van der Waals surface area contributed by atoms with Gasteiger partial charge >= 0.3 is 6.03 Å². The highest BCUT2D eigenvalue weighted by Crippen LogP contribution is 2.36. The van der Waals surface area contributed by atoms with Crippen LogP contribution >= 0.6 is 11.8 Å². The molecule has 0 spiro atoms. The number of anilines is 1. The van der Waals surface area contributed by atoms with Crippen molar-refractivity contribution < 1.29 is 9.72 Å². The molecule has 0 saturated carbocycles. The Hall–Kier alpha value is -4.11. The van der Waals surface area contributed by atoms with Crippen molar-refractivity contribution in [2.24, 2.45) is 0 Å². The highest BCUT2D eigenvalue weighted by Gasteiger charge is 2.19. The first-order chi connectivity index (χ1) is 17.6. The molecule has 0 fully saturated rings. The molecule has 0 aliphatic carbocycles. The summed E-state index contributed by atoms with van der Waals surface area (Å²) in [6, 6.07) is 25.9. The van der Waals surface area contributed by atoms with E-state index in [2.05, 4.69) is 46.4 Å². The van der Waals surface area contributed by atoms with E-state index in [1.807, 2.05) is 36.4 Å². The van der Waals surface area contributed by atoms with E-state index in [1.165, 1.54) is 24.3 Å². The van der Waals surface area contributed by atoms with Crippen molar-refractivity contribution in [2.75, 3.05) is 17.6 Å². The molecule has 1 heterocycles. The Kier molecular flexibility index (Phi) is 8.36. The molecular weight excluding hydrogens is 474 g/mol. The highest BCUT2D eigenvalue weighted by molar-refractivity contribution is 7.99. The van der Waals surface area contributed by atoms with Crippen LogP contribution in [-0.4, -0.2) is 32.8 Å². The smallest absolute Gasteiger partial charge is 0.319 e. The normalized spacial score (nSPS) is 10.7. The van der Waals surface area contributed by atoms with Gasteiger partial charge in [0.25, 0.3) is 5.69 Å². The number of nitrogens with one attached hydrogen (secondary N) is 2. The maximum atomic E-state index is 12.1. The summed E-state index contributed by atoms with van der Waals surface area (Å²) in [5, 5.41) is 17.2. The van der Waals surface area contributed by atoms with E-state index in [0.717, 1.165) is 46.4 Å². The minimum absolute atomic E-state index is 0.0192. The quantitative estimate of drug-likeness (QED) is 0.113. The molecule has 4 rings (SSSR count). The summed E-state index contributed by atoms with van der Waals surface area (Å²) in [4.78, 5) is 27.4. The van der Waals surface area contributed by atoms with Crippen LogP contribution in [0.1, 0.15) is 13.3 Å². The Labute approximate surface area is 213 Å². The second-order valence-corrected chi connectivity index (χ2v) is 9.02. The van der Waals surface area contributed by atoms with Crippen molar-refractivity contribution >= 4 is 29.2 Å². The molecular formula is C27H27N5O3S. The number of nitro groups is 1. The zero-order valence-corrected chi connectivity index (χ0v) is 20.7. The molecule has 3 aromatic carbocycles. The molecule has 36 heavy (non-hydrogen) atoms. The number of imidazole rings is 1. The largest absolute Gasteiger partial charge is 0.338 e. The van der Waals surface area contributed by atoms with Gasteiger partial charge in [0.2, 0.25) is 0 Å². The lowest BCUT2D eigenvalue weighted by molar-refractivity contribution is -0.384. The number of thioether (sulfide) groups is 1. The van der Waals surface area contributed by atoms with Gasteiger partial charge in [-0.1, -0.05) is 72.4 Å². The molecule has 4 aromatic rings. The van der Waals surface area contributed by atoms with E-state index >= 15 is 0 Å². The number of carbonyl (C=O) groups is 1. The number of benzene rings is 3. The standard InChI is InChI=1S/C27H27N5O3S/c1-2-31-25(21-12-7-4-8-13-21)24(20-10-5-3-6-11-20)30-27(31)36-19-9-18-28-26(33)29-22-14-16-23(17-15-22)32(34)35/h3-8,10-17H,2,9,18-19H2,1H3,(H2,28,29,33). The van der Waals surface area contributed by atoms with Gasteiger partial charge in [0.1, 0.15) is 0 Å². The molecule has 2 amide bonds. The van der Waals surface area contributed by atoms with Gasteiger partial charge in [0.15, 0.2) is 5.16 Å². The van der Waals surface area contributed by atoms with Gasteiger partial charge in [0.05, 0.1) is 16.3 Å². The van der Waals surface area contributed by atoms with Crippen LogP contribution in [-0.2, 0) is 6.54 Å². The second-order valence-electron chi connectivity index (χ2n) is 7.95. The molecule has 0 aliphatic rings. The molecule has 9 heteroatoms. The topological polar surface area (TPSA) is 102 Å². The Morgan fingerprint density at radius 3 is 2.22 bits per heavy atom. The minimum atomic E-state index is -0.475. The fraction of sp³-hybridized carbons (Fsp3) is 0.185. The van der Waals surface area contributed by atoms with Crippen LogP contribution in [0.15, 0.2) is 90.1 Å². The first-order valence-electron chi connectivity index (χ1n) is 11.7. The third-order valence-electron chi connectivity index (χ3n) is 5.52. The predicted octanol–water partition coefficient (Wildman–Crippen LogP) is 6.45. The van der Waals surface area contributed by atoms with Crippen LogP contribution in [0.25, 0.3) is 22.5 Å². The number of carbonyl (C=O) groups excluding carboxylic acids is 1. The molecule has 0 radical (unpaired) electrons. The molecule has 0 unspecified atom stereocenters. The highest BCUT2D eigenvalue weighted by atomic mass is 32.2. The number of rotatable bonds is 10. The first-order valence-corrected chi connectivity index (χ1v) is 12.7. The molecule has 0 bridgehead atoms. The fourth-order valence-corrected chi connectivity index (χ4v) is 4.80. The summed E-state index contributed by atoms with van der Waals surface area (Å²) in [6.45, 7) is 3.41. The summed E-state index contributed by atoms with van der Waals surface area (Å²) in [5.74, 6) is 0.789. The lowest BCUT2D eigenvalue weighted by atomic mass is 10.0. The van der Waals surface area contributed by atoms with E-state index < -0.39 is 4.92 Å². The predicted molar refractivity (Wildman–Crippen MR) is 144 cm³/mol. The van der Waals surface area contributed by atoms with E-state index in [0.29, 0.717) is 12.2 Å². The Morgan fingerprint density at radius 1 is 0.972 bits per heavy atom. The van der Waals surface area contributed by atoms with E-state index in [4.69, 9.17) is 4.98 Å². The summed E-state index contributed by atoms with van der Waals surface area (Å²) < 4.78 is 2.25. The summed E-state index contributed by atoms with van der Waals surface area (Å²) >= 11 is 1.67. The molecule has 184 valence electrons. The molecule has 0 aliphatic heterocycles. The number of hydrogen-bond donors (Lipinski definition) is 2. The zero-order chi connectivity index (χ0) is 25.3. The summed E-state index contributed by atoms with van der Waals surface area (Å²) in [6.07, 6.45) is 0.760. The van der Waals surface area contributed by atoms with E-state index in [1.54, 1.807) is 11.8 Å².